The number of rotatable bonds is 0. The summed E-state index contributed by atoms with van der Waals surface area (Å²) in [5.41, 5.74) is 3.35. The Morgan fingerprint density at radius 3 is 2.86 bits per heavy atom. The Morgan fingerprint density at radius 2 is 2.05 bits per heavy atom. The number of fused-ring (bicyclic) bond motifs is 4. The second-order valence-corrected chi connectivity index (χ2v) is 6.10. The van der Waals surface area contributed by atoms with Crippen molar-refractivity contribution in [2.24, 2.45) is 0 Å². The molecule has 2 aliphatic rings. The molecule has 1 atom stereocenters. The molecule has 0 N–H and O–H groups in total. The Bertz CT molecular complexity index is 1070. The van der Waals surface area contributed by atoms with Crippen molar-refractivity contribution in [3.63, 3.8) is 0 Å². The number of nitrogens with zero attached hydrogens (tertiary/aromatic N) is 1. The largest absolute Gasteiger partial charge is 0.295 e. The first-order valence-corrected chi connectivity index (χ1v) is 7.59. The Balaban J connectivity index is 2.22. The zero-order valence-electron chi connectivity index (χ0n) is 12.4. The van der Waals surface area contributed by atoms with Crippen molar-refractivity contribution in [2.45, 2.75) is 25.7 Å². The van der Waals surface area contributed by atoms with E-state index in [4.69, 9.17) is 0 Å². The second-order valence-electron chi connectivity index (χ2n) is 6.10. The molecule has 0 amide bonds. The first-order valence-electron chi connectivity index (χ1n) is 7.59. The molecule has 2 aromatic carbocycles. The van der Waals surface area contributed by atoms with Gasteiger partial charge in [0.2, 0.25) is 0 Å². The van der Waals surface area contributed by atoms with Gasteiger partial charge in [0.15, 0.2) is 5.78 Å². The average Bonchev–Trinajstić information content (AvgIpc) is 2.52. The molecule has 0 aromatic heterocycles. The van der Waals surface area contributed by atoms with Crippen LogP contribution in [0.25, 0.3) is 12.2 Å². The third-order valence-corrected chi connectivity index (χ3v) is 4.73. The summed E-state index contributed by atoms with van der Waals surface area (Å²) in [4.78, 5) is 11.8. The fourth-order valence-electron chi connectivity index (χ4n) is 3.82. The van der Waals surface area contributed by atoms with Gasteiger partial charge in [0.05, 0.1) is 11.6 Å². The molecule has 0 bridgehead atoms. The molecule has 2 nitrogen and oxygen atoms in total. The minimum atomic E-state index is 0.215. The first-order chi connectivity index (χ1) is 10.7. The van der Waals surface area contributed by atoms with E-state index in [1.807, 2.05) is 12.1 Å². The Hall–Kier alpha value is -2.66. The lowest BCUT2D eigenvalue weighted by Crippen LogP contribution is -2.25. The van der Waals surface area contributed by atoms with Crippen LogP contribution in [0.15, 0.2) is 30.3 Å². The van der Waals surface area contributed by atoms with Crippen LogP contribution in [0.5, 0.6) is 0 Å². The van der Waals surface area contributed by atoms with Crippen molar-refractivity contribution in [1.29, 1.82) is 5.26 Å². The smallest absolute Gasteiger partial charge is 0.156 e. The predicted octanol–water partition coefficient (Wildman–Crippen LogP) is 2.04. The lowest BCUT2D eigenvalue weighted by molar-refractivity contribution is -0.113. The fraction of sp³-hybridized carbons (Fsp3) is 0.200. The van der Waals surface area contributed by atoms with E-state index in [1.54, 1.807) is 6.08 Å². The van der Waals surface area contributed by atoms with Gasteiger partial charge in [0.25, 0.3) is 0 Å². The van der Waals surface area contributed by atoms with Crippen molar-refractivity contribution in [3.05, 3.63) is 67.9 Å². The topological polar surface area (TPSA) is 40.9 Å². The highest BCUT2D eigenvalue weighted by Crippen LogP contribution is 2.25. The van der Waals surface area contributed by atoms with Crippen LogP contribution in [-0.2, 0) is 11.2 Å². The lowest BCUT2D eigenvalue weighted by atomic mass is 9.82. The minimum absolute atomic E-state index is 0.215. The van der Waals surface area contributed by atoms with Crippen LogP contribution < -0.4 is 10.4 Å². The summed E-state index contributed by atoms with van der Waals surface area (Å²) in [7, 11) is 0. The van der Waals surface area contributed by atoms with Crippen LogP contribution in [0.3, 0.4) is 0 Å². The highest BCUT2D eigenvalue weighted by atomic mass is 16.1. The standard InChI is InChI=1S/C20H15NO/c1-12-9-15(22)10-13-5-6-18-17-4-2-3-14(11-21)16(17)7-8-19(18)20(12)13/h2-7,10,12H,8-9H2,1H3. The minimum Gasteiger partial charge on any atom is -0.295 e. The molecule has 1 unspecified atom stereocenters. The average molecular weight is 285 g/mol. The van der Waals surface area contributed by atoms with Crippen molar-refractivity contribution in [3.8, 4) is 6.07 Å². The van der Waals surface area contributed by atoms with E-state index in [0.717, 1.165) is 27.6 Å². The fourth-order valence-corrected chi connectivity index (χ4v) is 3.82. The highest BCUT2D eigenvalue weighted by molar-refractivity contribution is 6.07. The molecular weight excluding hydrogens is 270 g/mol. The highest BCUT2D eigenvalue weighted by Gasteiger charge is 2.21. The summed E-state index contributed by atoms with van der Waals surface area (Å²) in [5.74, 6) is 0.475. The summed E-state index contributed by atoms with van der Waals surface area (Å²) in [6, 6.07) is 12.3. The third-order valence-electron chi connectivity index (χ3n) is 4.73. The Labute approximate surface area is 128 Å². The zero-order chi connectivity index (χ0) is 15.3. The molecule has 2 aromatic rings. The molecule has 106 valence electrons. The molecule has 22 heavy (non-hydrogen) atoms. The van der Waals surface area contributed by atoms with Gasteiger partial charge in [0, 0.05) is 6.42 Å². The molecule has 0 fully saturated rings. The normalized spacial score (nSPS) is 18.2. The number of Topliss-reactive ketones (excluding diaryl/α,β-unsaturated/α-hetero) is 1. The number of hydrogen-bond acceptors (Lipinski definition) is 2. The Morgan fingerprint density at radius 1 is 1.18 bits per heavy atom. The summed E-state index contributed by atoms with van der Waals surface area (Å²) in [6.45, 7) is 2.13. The van der Waals surface area contributed by atoms with Crippen LogP contribution in [0.1, 0.15) is 36.0 Å². The van der Waals surface area contributed by atoms with Gasteiger partial charge >= 0.3 is 0 Å². The molecule has 0 saturated heterocycles. The van der Waals surface area contributed by atoms with E-state index in [9.17, 15) is 10.1 Å². The summed E-state index contributed by atoms with van der Waals surface area (Å²) >= 11 is 0. The molecule has 2 aliphatic carbocycles. The monoisotopic (exact) mass is 285 g/mol. The maximum atomic E-state index is 11.8. The Kier molecular flexibility index (Phi) is 2.77. The van der Waals surface area contributed by atoms with Crippen molar-refractivity contribution in [1.82, 2.24) is 0 Å². The molecule has 0 spiro atoms. The second kappa shape index (κ2) is 4.68. The van der Waals surface area contributed by atoms with Gasteiger partial charge in [-0.25, -0.2) is 0 Å². The van der Waals surface area contributed by atoms with Gasteiger partial charge in [-0.15, -0.1) is 0 Å². The zero-order valence-corrected chi connectivity index (χ0v) is 12.4. The predicted molar refractivity (Wildman–Crippen MR) is 85.2 cm³/mol. The van der Waals surface area contributed by atoms with Gasteiger partial charge < -0.3 is 0 Å². The van der Waals surface area contributed by atoms with Crippen LogP contribution in [-0.4, -0.2) is 5.78 Å². The van der Waals surface area contributed by atoms with E-state index >= 15 is 0 Å². The van der Waals surface area contributed by atoms with E-state index in [0.29, 0.717) is 6.42 Å². The van der Waals surface area contributed by atoms with Crippen LogP contribution in [0.2, 0.25) is 0 Å². The van der Waals surface area contributed by atoms with E-state index in [-0.39, 0.29) is 11.7 Å². The molecule has 0 aliphatic heterocycles. The molecule has 0 saturated carbocycles. The molecule has 0 radical (unpaired) electrons. The van der Waals surface area contributed by atoms with Crippen LogP contribution >= 0.6 is 0 Å². The number of carbonyl (C=O) groups is 1. The first kappa shape index (κ1) is 13.0. The van der Waals surface area contributed by atoms with E-state index in [2.05, 4.69) is 37.3 Å². The van der Waals surface area contributed by atoms with Gasteiger partial charge in [0.1, 0.15) is 0 Å². The summed E-state index contributed by atoms with van der Waals surface area (Å²) in [6.07, 6.45) is 5.35. The number of hydrogen-bond donors (Lipinski definition) is 0. The number of ketones is 1. The number of benzene rings is 2. The summed E-state index contributed by atoms with van der Waals surface area (Å²) in [5, 5.41) is 13.7. The number of nitriles is 1. The van der Waals surface area contributed by atoms with Crippen molar-refractivity contribution in [2.75, 3.05) is 0 Å². The maximum Gasteiger partial charge on any atom is 0.156 e. The number of carbonyl (C=O) groups excluding carboxylic acids is 1. The van der Waals surface area contributed by atoms with Gasteiger partial charge in [-0.05, 0) is 56.5 Å². The van der Waals surface area contributed by atoms with Gasteiger partial charge in [-0.1, -0.05) is 37.3 Å². The molecule has 2 heteroatoms. The van der Waals surface area contributed by atoms with Gasteiger partial charge in [-0.3, -0.25) is 4.79 Å². The third kappa shape index (κ3) is 1.76. The van der Waals surface area contributed by atoms with Gasteiger partial charge in [-0.2, -0.15) is 5.26 Å². The van der Waals surface area contributed by atoms with Crippen molar-refractivity contribution >= 4 is 17.9 Å². The van der Waals surface area contributed by atoms with E-state index < -0.39 is 0 Å². The SMILES string of the molecule is CC1CC(=O)C=c2ccc3c(c21)CC=c1c(C#N)cccc1=3. The van der Waals surface area contributed by atoms with E-state index in [1.165, 1.54) is 16.3 Å². The summed E-state index contributed by atoms with van der Waals surface area (Å²) < 4.78 is 0. The molecular formula is C20H15NO. The molecule has 4 rings (SSSR count). The van der Waals surface area contributed by atoms with Crippen LogP contribution in [0, 0.1) is 21.8 Å². The lowest BCUT2D eigenvalue weighted by Gasteiger charge is -2.21. The molecule has 0 heterocycles. The van der Waals surface area contributed by atoms with Crippen molar-refractivity contribution < 1.29 is 4.79 Å². The van der Waals surface area contributed by atoms with Crippen LogP contribution in [0.4, 0.5) is 0 Å². The quantitative estimate of drug-likeness (QED) is 0.743. The maximum absolute atomic E-state index is 11.8.